The Morgan fingerprint density at radius 3 is 2.90 bits per heavy atom. The summed E-state index contributed by atoms with van der Waals surface area (Å²) >= 11 is 0. The van der Waals surface area contributed by atoms with E-state index in [0.29, 0.717) is 36.7 Å². The van der Waals surface area contributed by atoms with Crippen LogP contribution in [0.2, 0.25) is 0 Å². The van der Waals surface area contributed by atoms with Gasteiger partial charge in [-0.1, -0.05) is 0 Å². The molecule has 2 aromatic heterocycles. The minimum Gasteiger partial charge on any atom is -0.483 e. The fourth-order valence-electron chi connectivity index (χ4n) is 5.06. The lowest BCUT2D eigenvalue weighted by atomic mass is 9.73. The number of carbonyl (C=O) groups is 3. The van der Waals surface area contributed by atoms with Crippen LogP contribution in [0.3, 0.4) is 0 Å². The molecule has 5 heterocycles. The van der Waals surface area contributed by atoms with E-state index in [9.17, 15) is 9.59 Å². The summed E-state index contributed by atoms with van der Waals surface area (Å²) in [5, 5.41) is 17.4. The van der Waals surface area contributed by atoms with Crippen LogP contribution in [0.15, 0.2) is 24.7 Å². The second kappa shape index (κ2) is 8.42. The molecule has 3 N–H and O–H groups in total. The summed E-state index contributed by atoms with van der Waals surface area (Å²) in [6.45, 7) is 3.33. The zero-order chi connectivity index (χ0) is 22.0. The Kier molecular flexibility index (Phi) is 5.68. The lowest BCUT2D eigenvalue weighted by Gasteiger charge is -2.29. The van der Waals surface area contributed by atoms with E-state index in [4.69, 9.17) is 14.6 Å². The number of nitrogens with zero attached hydrogens (tertiary/aromatic N) is 4. The molecule has 2 aromatic rings. The highest BCUT2D eigenvalue weighted by Crippen LogP contribution is 2.54. The van der Waals surface area contributed by atoms with Gasteiger partial charge >= 0.3 is 0 Å². The average molecular weight is 428 g/mol. The van der Waals surface area contributed by atoms with Gasteiger partial charge in [0.15, 0.2) is 0 Å². The molecule has 5 rings (SSSR count). The van der Waals surface area contributed by atoms with Crippen LogP contribution in [0, 0.1) is 18.8 Å². The fraction of sp³-hybridized carbons (Fsp3) is 0.500. The maximum atomic E-state index is 12.8. The lowest BCUT2D eigenvalue weighted by molar-refractivity contribution is -0.122. The van der Waals surface area contributed by atoms with E-state index in [-0.39, 0.29) is 41.8 Å². The van der Waals surface area contributed by atoms with Crippen molar-refractivity contribution in [2.75, 3.05) is 19.6 Å². The van der Waals surface area contributed by atoms with Crippen LogP contribution in [0.4, 0.5) is 0 Å². The molecule has 0 aromatic carbocycles. The molecular weight excluding hydrogens is 404 g/mol. The van der Waals surface area contributed by atoms with Gasteiger partial charge in [0.25, 0.3) is 18.3 Å². The SMILES string of the molecule is Cc1ncc(C(=O)NC[C@H]2[C@H]3CN(C(=O)c4ccnnc4)C[C@]34CC[C@H]2O4)[nH]1.O=CO. The normalized spacial score (nSPS) is 27.9. The van der Waals surface area contributed by atoms with E-state index in [1.54, 1.807) is 12.3 Å². The zero-order valence-electron chi connectivity index (χ0n) is 17.0. The van der Waals surface area contributed by atoms with Crippen LogP contribution in [0.1, 0.15) is 39.5 Å². The number of imidazole rings is 1. The summed E-state index contributed by atoms with van der Waals surface area (Å²) in [4.78, 5) is 42.4. The van der Waals surface area contributed by atoms with E-state index in [0.717, 1.165) is 12.8 Å². The van der Waals surface area contributed by atoms with Crippen molar-refractivity contribution in [3.8, 4) is 0 Å². The predicted octanol–water partition coefficient (Wildman–Crippen LogP) is 0.259. The molecule has 31 heavy (non-hydrogen) atoms. The first-order valence-corrected chi connectivity index (χ1v) is 10.1. The third-order valence-electron chi connectivity index (χ3n) is 6.35. The van der Waals surface area contributed by atoms with Crippen molar-refractivity contribution in [2.45, 2.75) is 31.5 Å². The van der Waals surface area contributed by atoms with Crippen LogP contribution in [-0.4, -0.2) is 79.8 Å². The molecule has 3 fully saturated rings. The van der Waals surface area contributed by atoms with Crippen LogP contribution in [-0.2, 0) is 9.53 Å². The maximum Gasteiger partial charge on any atom is 0.290 e. The summed E-state index contributed by atoms with van der Waals surface area (Å²) in [6.07, 6.45) is 6.65. The number of H-pyrrole nitrogens is 1. The Balaban J connectivity index is 0.000000730. The number of ether oxygens (including phenoxy) is 1. The molecule has 3 saturated heterocycles. The molecule has 3 aliphatic heterocycles. The Labute approximate surface area is 178 Å². The Morgan fingerprint density at radius 2 is 2.23 bits per heavy atom. The third-order valence-corrected chi connectivity index (χ3v) is 6.35. The number of carbonyl (C=O) groups excluding carboxylic acids is 2. The molecule has 3 aliphatic rings. The van der Waals surface area contributed by atoms with E-state index >= 15 is 0 Å². The van der Waals surface area contributed by atoms with Crippen molar-refractivity contribution in [3.63, 3.8) is 0 Å². The summed E-state index contributed by atoms with van der Waals surface area (Å²) < 4.78 is 6.36. The van der Waals surface area contributed by atoms with Gasteiger partial charge in [-0.05, 0) is 25.8 Å². The first kappa shape index (κ1) is 20.9. The number of aromatic nitrogens is 4. The van der Waals surface area contributed by atoms with Gasteiger partial charge in [-0.2, -0.15) is 10.2 Å². The highest BCUT2D eigenvalue weighted by atomic mass is 16.5. The molecule has 0 radical (unpaired) electrons. The first-order valence-electron chi connectivity index (χ1n) is 10.1. The van der Waals surface area contributed by atoms with Gasteiger partial charge in [-0.25, -0.2) is 4.98 Å². The molecule has 0 unspecified atom stereocenters. The topological polar surface area (TPSA) is 150 Å². The molecule has 4 atom stereocenters. The molecular formula is C20H24N6O5. The minimum atomic E-state index is -0.277. The van der Waals surface area contributed by atoms with Gasteiger partial charge in [-0.15, -0.1) is 0 Å². The van der Waals surface area contributed by atoms with Crippen molar-refractivity contribution in [3.05, 3.63) is 41.7 Å². The molecule has 0 saturated carbocycles. The van der Waals surface area contributed by atoms with Crippen molar-refractivity contribution < 1.29 is 24.2 Å². The number of rotatable bonds is 4. The number of carboxylic acid groups (broad SMARTS) is 1. The standard InChI is InChI=1S/C19H22N6O3.CH2O2/c1-11-20-8-15(24-11)17(26)21-7-13-14-9-25(10-19(14)4-2-16(13)28-19)18(27)12-3-5-22-23-6-12;2-1-3/h3,5-6,8,13-14,16H,2,4,7,9-10H2,1H3,(H,20,24)(H,21,26);1H,(H,2,3)/t13-,14+,16+,19+;/m0./s1. The number of likely N-dealkylation sites (tertiary alicyclic amines) is 1. The number of nitrogens with one attached hydrogen (secondary N) is 2. The number of hydrogen-bond donors (Lipinski definition) is 3. The quantitative estimate of drug-likeness (QED) is 0.587. The second-order valence-electron chi connectivity index (χ2n) is 8.04. The first-order chi connectivity index (χ1) is 15.0. The maximum absolute atomic E-state index is 12.8. The lowest BCUT2D eigenvalue weighted by Crippen LogP contribution is -2.42. The monoisotopic (exact) mass is 428 g/mol. The van der Waals surface area contributed by atoms with Gasteiger partial charge in [0.2, 0.25) is 0 Å². The van der Waals surface area contributed by atoms with Crippen molar-refractivity contribution in [2.24, 2.45) is 11.8 Å². The van der Waals surface area contributed by atoms with Gasteiger partial charge in [-0.3, -0.25) is 14.4 Å². The largest absolute Gasteiger partial charge is 0.483 e. The molecule has 164 valence electrons. The Bertz CT molecular complexity index is 966. The smallest absolute Gasteiger partial charge is 0.290 e. The predicted molar refractivity (Wildman–Crippen MR) is 106 cm³/mol. The summed E-state index contributed by atoms with van der Waals surface area (Å²) in [7, 11) is 0. The Morgan fingerprint density at radius 1 is 1.42 bits per heavy atom. The second-order valence-corrected chi connectivity index (χ2v) is 8.04. The molecule has 11 heteroatoms. The average Bonchev–Trinajstić information content (AvgIpc) is 3.53. The molecule has 1 spiro atoms. The third kappa shape index (κ3) is 3.88. The van der Waals surface area contributed by atoms with Gasteiger partial charge in [0.05, 0.1) is 42.4 Å². The number of fused-ring (bicyclic) bond motifs is 1. The van der Waals surface area contributed by atoms with Crippen molar-refractivity contribution >= 4 is 18.3 Å². The van der Waals surface area contributed by atoms with E-state index in [1.165, 1.54) is 12.4 Å². The fourth-order valence-corrected chi connectivity index (χ4v) is 5.06. The van der Waals surface area contributed by atoms with Crippen LogP contribution in [0.25, 0.3) is 0 Å². The van der Waals surface area contributed by atoms with Gasteiger partial charge in [0.1, 0.15) is 11.5 Å². The number of aromatic amines is 1. The van der Waals surface area contributed by atoms with Crippen molar-refractivity contribution in [1.82, 2.24) is 30.4 Å². The molecule has 11 nitrogen and oxygen atoms in total. The van der Waals surface area contributed by atoms with Gasteiger partial charge in [0, 0.05) is 24.9 Å². The number of amides is 2. The van der Waals surface area contributed by atoms with Crippen LogP contribution >= 0.6 is 0 Å². The van der Waals surface area contributed by atoms with Crippen LogP contribution < -0.4 is 5.32 Å². The summed E-state index contributed by atoms with van der Waals surface area (Å²) in [5.74, 6) is 0.944. The summed E-state index contributed by atoms with van der Waals surface area (Å²) in [6, 6.07) is 1.68. The van der Waals surface area contributed by atoms with E-state index in [1.807, 2.05) is 11.8 Å². The van der Waals surface area contributed by atoms with E-state index in [2.05, 4.69) is 25.5 Å². The number of aryl methyl sites for hydroxylation is 1. The Hall–Kier alpha value is -3.34. The van der Waals surface area contributed by atoms with Crippen LogP contribution in [0.5, 0.6) is 0 Å². The molecule has 2 bridgehead atoms. The number of hydrogen-bond acceptors (Lipinski definition) is 7. The highest BCUT2D eigenvalue weighted by molar-refractivity contribution is 5.94. The van der Waals surface area contributed by atoms with E-state index < -0.39 is 0 Å². The minimum absolute atomic E-state index is 0.0403. The highest BCUT2D eigenvalue weighted by Gasteiger charge is 2.63. The zero-order valence-corrected chi connectivity index (χ0v) is 17.0. The molecule has 0 aliphatic carbocycles. The molecule has 2 amide bonds. The van der Waals surface area contributed by atoms with Crippen molar-refractivity contribution in [1.29, 1.82) is 0 Å². The van der Waals surface area contributed by atoms with Gasteiger partial charge < -0.3 is 25.0 Å². The summed E-state index contributed by atoms with van der Waals surface area (Å²) in [5.41, 5.74) is 0.728.